The van der Waals surface area contributed by atoms with Gasteiger partial charge >= 0.3 is 0 Å². The molecule has 1 unspecified atom stereocenters. The van der Waals surface area contributed by atoms with E-state index >= 15 is 0 Å². The summed E-state index contributed by atoms with van der Waals surface area (Å²) in [7, 11) is -4.65. The molecule has 15 nitrogen and oxygen atoms in total. The zero-order valence-electron chi connectivity index (χ0n) is 27.9. The number of benzene rings is 3. The normalized spacial score (nSPS) is 15.7. The predicted octanol–water partition coefficient (Wildman–Crippen LogP) is 1.90. The number of ether oxygens (including phenoxy) is 1. The van der Waals surface area contributed by atoms with Crippen molar-refractivity contribution < 1.29 is 63.9 Å². The molecule has 2 aliphatic heterocycles. The van der Waals surface area contributed by atoms with Gasteiger partial charge in [-0.15, -0.1) is 0 Å². The minimum atomic E-state index is -5.35. The molecule has 0 spiro atoms. The van der Waals surface area contributed by atoms with Crippen LogP contribution in [-0.2, 0) is 29.1 Å². The number of hydrogen-bond donors (Lipinski definition) is 4. The number of sulfonamides is 1. The fraction of sp³-hybridized carbons (Fsp3) is 0.273. The Kier molecular flexibility index (Phi) is 11.7. The Hall–Kier alpha value is -5.80. The molecular formula is C33H29F5N6O9S. The lowest BCUT2D eigenvalue weighted by atomic mass is 10.0. The van der Waals surface area contributed by atoms with Crippen molar-refractivity contribution in [3.8, 4) is 0 Å². The highest BCUT2D eigenvalue weighted by Gasteiger charge is 2.45. The summed E-state index contributed by atoms with van der Waals surface area (Å²) in [5, 5.41) is 10.0. The Bertz CT molecular complexity index is 2140. The van der Waals surface area contributed by atoms with E-state index in [9.17, 15) is 59.1 Å². The van der Waals surface area contributed by atoms with Crippen LogP contribution in [0.5, 0.6) is 0 Å². The van der Waals surface area contributed by atoms with Gasteiger partial charge < -0.3 is 20.7 Å². The van der Waals surface area contributed by atoms with Crippen molar-refractivity contribution in [2.24, 2.45) is 0 Å². The summed E-state index contributed by atoms with van der Waals surface area (Å²) in [6.45, 7) is -0.582. The number of carbonyl (C=O) groups excluding carboxylic acids is 6. The highest BCUT2D eigenvalue weighted by Crippen LogP contribution is 2.32. The van der Waals surface area contributed by atoms with Crippen LogP contribution in [-0.4, -0.2) is 99.0 Å². The van der Waals surface area contributed by atoms with Crippen LogP contribution < -0.4 is 21.3 Å². The monoisotopic (exact) mass is 780 g/mol. The molecule has 0 aromatic heterocycles. The Morgan fingerprint density at radius 2 is 1.52 bits per heavy atom. The van der Waals surface area contributed by atoms with Gasteiger partial charge in [0.15, 0.2) is 28.2 Å². The molecule has 5 rings (SSSR count). The van der Waals surface area contributed by atoms with Crippen molar-refractivity contribution in [3.05, 3.63) is 88.2 Å². The van der Waals surface area contributed by atoms with E-state index in [1.54, 1.807) is 12.1 Å². The Morgan fingerprint density at radius 3 is 2.17 bits per heavy atom. The highest BCUT2D eigenvalue weighted by molar-refractivity contribution is 7.89. The lowest BCUT2D eigenvalue weighted by molar-refractivity contribution is -0.136. The molecule has 21 heteroatoms. The maximum absolute atomic E-state index is 14.1. The first kappa shape index (κ1) is 39.4. The maximum Gasteiger partial charge on any atom is 0.264 e. The average Bonchev–Trinajstić information content (AvgIpc) is 3.38. The van der Waals surface area contributed by atoms with Gasteiger partial charge in [0.05, 0.1) is 30.9 Å². The number of nitrogens with one attached hydrogen (secondary N) is 4. The summed E-state index contributed by atoms with van der Waals surface area (Å²) >= 11 is 0. The number of carbonyl (C=O) groups is 6. The topological polar surface area (TPSA) is 200 Å². The van der Waals surface area contributed by atoms with Crippen LogP contribution in [0.3, 0.4) is 0 Å². The molecule has 0 radical (unpaired) electrons. The Balaban J connectivity index is 1.04. The van der Waals surface area contributed by atoms with Crippen LogP contribution in [0.25, 0.3) is 0 Å². The van der Waals surface area contributed by atoms with Gasteiger partial charge in [0.1, 0.15) is 6.04 Å². The van der Waals surface area contributed by atoms with Gasteiger partial charge in [-0.25, -0.2) is 30.4 Å². The van der Waals surface area contributed by atoms with Crippen molar-refractivity contribution in [1.29, 1.82) is 0 Å². The molecule has 2 aliphatic rings. The van der Waals surface area contributed by atoms with Crippen LogP contribution in [0.4, 0.5) is 33.3 Å². The summed E-state index contributed by atoms with van der Waals surface area (Å²) in [4.78, 5) is 73.6. The molecule has 1 fully saturated rings. The first-order valence-electron chi connectivity index (χ1n) is 15.9. The highest BCUT2D eigenvalue weighted by atomic mass is 32.2. The molecule has 1 atom stereocenters. The van der Waals surface area contributed by atoms with E-state index in [4.69, 9.17) is 4.74 Å². The summed E-state index contributed by atoms with van der Waals surface area (Å²) in [6, 6.07) is 8.73. The Morgan fingerprint density at radius 1 is 0.889 bits per heavy atom. The van der Waals surface area contributed by atoms with Crippen LogP contribution in [0, 0.1) is 29.1 Å². The van der Waals surface area contributed by atoms with E-state index < -0.39 is 92.0 Å². The second-order valence-electron chi connectivity index (χ2n) is 11.8. The molecular weight excluding hydrogens is 751 g/mol. The number of anilines is 2. The number of halogens is 5. The van der Waals surface area contributed by atoms with Crippen molar-refractivity contribution in [2.45, 2.75) is 23.8 Å². The lowest BCUT2D eigenvalue weighted by Crippen LogP contribution is -2.54. The zero-order valence-corrected chi connectivity index (χ0v) is 28.8. The summed E-state index contributed by atoms with van der Waals surface area (Å²) < 4.78 is 99.3. The minimum Gasteiger partial charge on any atom is -0.382 e. The van der Waals surface area contributed by atoms with Crippen LogP contribution in [0.1, 0.15) is 43.9 Å². The second kappa shape index (κ2) is 16.1. The van der Waals surface area contributed by atoms with Crippen molar-refractivity contribution >= 4 is 56.8 Å². The van der Waals surface area contributed by atoms with Gasteiger partial charge in [0, 0.05) is 43.5 Å². The first-order valence-corrected chi connectivity index (χ1v) is 17.3. The number of piperidine rings is 1. The smallest absolute Gasteiger partial charge is 0.264 e. The van der Waals surface area contributed by atoms with Gasteiger partial charge in [-0.3, -0.25) is 39.0 Å². The molecule has 0 aliphatic carbocycles. The lowest BCUT2D eigenvalue weighted by Gasteiger charge is -2.27. The summed E-state index contributed by atoms with van der Waals surface area (Å²) in [6.07, 6.45) is 0.0154. The average molecular weight is 781 g/mol. The van der Waals surface area contributed by atoms with Gasteiger partial charge in [0.25, 0.3) is 17.7 Å². The molecule has 3 aromatic carbocycles. The Labute approximate surface area is 302 Å². The molecule has 286 valence electrons. The number of hydrogen-bond acceptors (Lipinski definition) is 10. The quantitative estimate of drug-likeness (QED) is 0.0616. The fourth-order valence-corrected chi connectivity index (χ4v) is 6.75. The molecule has 2 heterocycles. The van der Waals surface area contributed by atoms with Crippen LogP contribution in [0.2, 0.25) is 0 Å². The molecule has 54 heavy (non-hydrogen) atoms. The van der Waals surface area contributed by atoms with Crippen LogP contribution >= 0.6 is 0 Å². The molecule has 1 saturated heterocycles. The SMILES string of the molecule is CN(CC(=O)Nc1ccc(C(=O)NCCOCCNc2cccc3c2C(=O)N(C2CCC(=O)NC2=O)C3=O)cc1)S(=O)(=O)c1c(F)c(F)c(F)c(F)c1F. The van der Waals surface area contributed by atoms with Gasteiger partial charge in [0.2, 0.25) is 33.6 Å². The number of nitrogens with zero attached hydrogens (tertiary/aromatic N) is 2. The van der Waals surface area contributed by atoms with Crippen molar-refractivity contribution in [2.75, 3.05) is 50.5 Å². The van der Waals surface area contributed by atoms with E-state index in [0.717, 1.165) is 4.90 Å². The largest absolute Gasteiger partial charge is 0.382 e. The number of fused-ring (bicyclic) bond motifs is 1. The number of amides is 6. The second-order valence-corrected chi connectivity index (χ2v) is 13.7. The third kappa shape index (κ3) is 7.92. The van der Waals surface area contributed by atoms with E-state index in [0.29, 0.717) is 12.7 Å². The summed E-state index contributed by atoms with van der Waals surface area (Å²) in [5.41, 5.74) is 0.788. The zero-order chi connectivity index (χ0) is 39.5. The third-order valence-electron chi connectivity index (χ3n) is 8.20. The molecule has 3 aromatic rings. The number of rotatable bonds is 14. The maximum atomic E-state index is 14.1. The standard InChI is InChI=1S/C33H29F5N6O9S/c1-43(54(51,52)29-27(37)25(35)24(34)26(36)28(29)38)15-22(46)41-17-7-5-16(6-8-17)30(47)40-12-14-53-13-11-39-19-4-2-3-18-23(19)33(50)44(32(18)49)20-9-10-21(45)42-31(20)48/h2-8,20,39H,9-15H2,1H3,(H,40,47)(H,41,46)(H,42,45,48). The molecule has 0 saturated carbocycles. The van der Waals surface area contributed by atoms with Crippen molar-refractivity contribution in [1.82, 2.24) is 19.8 Å². The minimum absolute atomic E-state index is 0.00777. The number of imide groups is 2. The summed E-state index contributed by atoms with van der Waals surface area (Å²) in [5.74, 6) is -16.7. The van der Waals surface area contributed by atoms with E-state index in [1.807, 2.05) is 0 Å². The van der Waals surface area contributed by atoms with Gasteiger partial charge in [-0.2, -0.15) is 4.31 Å². The van der Waals surface area contributed by atoms with Crippen LogP contribution in [0.15, 0.2) is 47.4 Å². The molecule has 6 amide bonds. The van der Waals surface area contributed by atoms with Gasteiger partial charge in [-0.05, 0) is 42.8 Å². The van der Waals surface area contributed by atoms with Crippen molar-refractivity contribution in [3.63, 3.8) is 0 Å². The molecule has 0 bridgehead atoms. The van der Waals surface area contributed by atoms with E-state index in [-0.39, 0.29) is 65.8 Å². The van der Waals surface area contributed by atoms with Gasteiger partial charge in [-0.1, -0.05) is 6.07 Å². The third-order valence-corrected chi connectivity index (χ3v) is 10.0. The predicted molar refractivity (Wildman–Crippen MR) is 176 cm³/mol. The fourth-order valence-electron chi connectivity index (χ4n) is 5.52. The molecule has 4 N–H and O–H groups in total. The van der Waals surface area contributed by atoms with E-state index in [1.165, 1.54) is 30.3 Å². The van der Waals surface area contributed by atoms with E-state index in [2.05, 4.69) is 21.3 Å². The first-order chi connectivity index (χ1) is 25.5. The number of likely N-dealkylation sites (N-methyl/N-ethyl adjacent to an activating group) is 1.